The van der Waals surface area contributed by atoms with Crippen LogP contribution < -0.4 is 15.4 Å². The van der Waals surface area contributed by atoms with Crippen LogP contribution in [-0.4, -0.2) is 25.2 Å². The molecule has 0 saturated heterocycles. The van der Waals surface area contributed by atoms with Gasteiger partial charge >= 0.3 is 0 Å². The van der Waals surface area contributed by atoms with Gasteiger partial charge in [0.05, 0.1) is 12.8 Å². The Kier molecular flexibility index (Phi) is 7.37. The molecule has 0 aliphatic carbocycles. The van der Waals surface area contributed by atoms with Crippen LogP contribution in [0.3, 0.4) is 0 Å². The maximum Gasteiger partial charge on any atom is 0.120 e. The molecule has 0 heterocycles. The van der Waals surface area contributed by atoms with Gasteiger partial charge in [0.15, 0.2) is 0 Å². The molecule has 0 spiro atoms. The summed E-state index contributed by atoms with van der Waals surface area (Å²) in [7, 11) is 1.68. The average Bonchev–Trinajstić information content (AvgIpc) is 2.46. The highest BCUT2D eigenvalue weighted by atomic mass is 32.1. The van der Waals surface area contributed by atoms with Gasteiger partial charge in [0.1, 0.15) is 10.7 Å². The monoisotopic (exact) mass is 294 g/mol. The molecule has 0 aromatic heterocycles. The van der Waals surface area contributed by atoms with Gasteiger partial charge < -0.3 is 15.4 Å². The van der Waals surface area contributed by atoms with Gasteiger partial charge in [0.2, 0.25) is 0 Å². The van der Waals surface area contributed by atoms with E-state index in [1.54, 1.807) is 7.11 Å². The Morgan fingerprint density at radius 1 is 1.20 bits per heavy atom. The Labute approximate surface area is 128 Å². The van der Waals surface area contributed by atoms with Crippen molar-refractivity contribution < 1.29 is 4.74 Å². The molecule has 20 heavy (non-hydrogen) atoms. The van der Waals surface area contributed by atoms with E-state index in [1.807, 2.05) is 18.2 Å². The zero-order valence-electron chi connectivity index (χ0n) is 12.8. The Morgan fingerprint density at radius 2 is 1.80 bits per heavy atom. The summed E-state index contributed by atoms with van der Waals surface area (Å²) in [6, 6.07) is 5.91. The van der Waals surface area contributed by atoms with Crippen LogP contribution in [0.2, 0.25) is 0 Å². The summed E-state index contributed by atoms with van der Waals surface area (Å²) in [5.41, 5.74) is 7.90. The Hall–Kier alpha value is -1.29. The van der Waals surface area contributed by atoms with Crippen LogP contribution in [0.25, 0.3) is 0 Å². The molecule has 0 atom stereocenters. The van der Waals surface area contributed by atoms with E-state index < -0.39 is 0 Å². The number of methoxy groups -OCH3 is 1. The molecule has 1 aromatic rings. The second-order valence-electron chi connectivity index (χ2n) is 4.94. The van der Waals surface area contributed by atoms with E-state index in [1.165, 1.54) is 12.8 Å². The number of hydrogen-bond acceptors (Lipinski definition) is 3. The van der Waals surface area contributed by atoms with Crippen molar-refractivity contribution in [2.75, 3.05) is 25.1 Å². The quantitative estimate of drug-likeness (QED) is 0.704. The number of anilines is 1. The molecule has 0 unspecified atom stereocenters. The topological polar surface area (TPSA) is 38.5 Å². The lowest BCUT2D eigenvalue weighted by Crippen LogP contribution is -2.28. The molecule has 1 aromatic carbocycles. The normalized spacial score (nSPS) is 10.3. The number of unbranched alkanes of at least 4 members (excludes halogenated alkanes) is 2. The van der Waals surface area contributed by atoms with Gasteiger partial charge in [0.25, 0.3) is 0 Å². The van der Waals surface area contributed by atoms with Crippen LogP contribution in [0.15, 0.2) is 18.2 Å². The second-order valence-corrected chi connectivity index (χ2v) is 5.38. The minimum Gasteiger partial charge on any atom is -0.497 e. The van der Waals surface area contributed by atoms with Gasteiger partial charge in [-0.05, 0) is 25.0 Å². The van der Waals surface area contributed by atoms with E-state index in [-0.39, 0.29) is 0 Å². The van der Waals surface area contributed by atoms with E-state index in [0.29, 0.717) is 4.99 Å². The molecule has 0 aliphatic rings. The fourth-order valence-electron chi connectivity index (χ4n) is 2.16. The summed E-state index contributed by atoms with van der Waals surface area (Å²) in [5.74, 6) is 0.845. The Morgan fingerprint density at radius 3 is 2.25 bits per heavy atom. The first-order valence-corrected chi connectivity index (χ1v) is 7.77. The van der Waals surface area contributed by atoms with Gasteiger partial charge in [-0.15, -0.1) is 0 Å². The van der Waals surface area contributed by atoms with E-state index in [4.69, 9.17) is 22.7 Å². The zero-order chi connectivity index (χ0) is 15.0. The van der Waals surface area contributed by atoms with E-state index >= 15 is 0 Å². The van der Waals surface area contributed by atoms with Crippen molar-refractivity contribution >= 4 is 22.9 Å². The van der Waals surface area contributed by atoms with Crippen LogP contribution in [0, 0.1) is 0 Å². The third-order valence-corrected chi connectivity index (χ3v) is 3.59. The lowest BCUT2D eigenvalue weighted by atomic mass is 10.1. The van der Waals surface area contributed by atoms with Gasteiger partial charge in [-0.2, -0.15) is 0 Å². The summed E-state index contributed by atoms with van der Waals surface area (Å²) in [4.78, 5) is 2.82. The van der Waals surface area contributed by atoms with Crippen LogP contribution in [0.5, 0.6) is 5.75 Å². The largest absolute Gasteiger partial charge is 0.497 e. The molecule has 2 N–H and O–H groups in total. The molecule has 1 rings (SSSR count). The molecule has 0 radical (unpaired) electrons. The highest BCUT2D eigenvalue weighted by molar-refractivity contribution is 7.80. The second kappa shape index (κ2) is 8.80. The third-order valence-electron chi connectivity index (χ3n) is 3.37. The summed E-state index contributed by atoms with van der Waals surface area (Å²) < 4.78 is 5.34. The third kappa shape index (κ3) is 4.67. The molecular weight excluding hydrogens is 268 g/mol. The first-order chi connectivity index (χ1) is 9.63. The van der Waals surface area contributed by atoms with Crippen molar-refractivity contribution in [2.24, 2.45) is 5.73 Å². The number of benzene rings is 1. The van der Waals surface area contributed by atoms with Gasteiger partial charge in [0, 0.05) is 24.7 Å². The molecule has 0 bridgehead atoms. The van der Waals surface area contributed by atoms with Gasteiger partial charge in [-0.25, -0.2) is 0 Å². The van der Waals surface area contributed by atoms with Crippen molar-refractivity contribution in [2.45, 2.75) is 39.5 Å². The van der Waals surface area contributed by atoms with Crippen molar-refractivity contribution in [3.8, 4) is 5.75 Å². The number of ether oxygens (including phenoxy) is 1. The van der Waals surface area contributed by atoms with Crippen molar-refractivity contribution in [3.05, 3.63) is 23.8 Å². The Bertz CT molecular complexity index is 426. The standard InChI is InChI=1S/C16H26N2OS/c1-4-6-10-18(11-7-5-2)15-12-13(19-3)8-9-14(15)16(17)20/h8-9,12H,4-7,10-11H2,1-3H3,(H2,17,20). The minimum atomic E-state index is 0.445. The molecule has 0 saturated carbocycles. The van der Waals surface area contributed by atoms with E-state index in [0.717, 1.165) is 42.9 Å². The maximum absolute atomic E-state index is 5.87. The smallest absolute Gasteiger partial charge is 0.120 e. The molecule has 0 aliphatic heterocycles. The van der Waals surface area contributed by atoms with E-state index in [9.17, 15) is 0 Å². The van der Waals surface area contributed by atoms with Gasteiger partial charge in [-0.1, -0.05) is 38.9 Å². The van der Waals surface area contributed by atoms with Crippen LogP contribution in [0.4, 0.5) is 5.69 Å². The van der Waals surface area contributed by atoms with Crippen molar-refractivity contribution in [1.82, 2.24) is 0 Å². The predicted octanol–water partition coefficient (Wildman–Crippen LogP) is 3.74. The lowest BCUT2D eigenvalue weighted by Gasteiger charge is -2.27. The van der Waals surface area contributed by atoms with Crippen LogP contribution >= 0.6 is 12.2 Å². The molecule has 0 amide bonds. The molecule has 0 fully saturated rings. The Balaban J connectivity index is 3.09. The first kappa shape index (κ1) is 16.8. The summed E-state index contributed by atoms with van der Waals surface area (Å²) in [5, 5.41) is 0. The number of thiocarbonyl (C=S) groups is 1. The predicted molar refractivity (Wildman–Crippen MR) is 90.9 cm³/mol. The fraction of sp³-hybridized carbons (Fsp3) is 0.562. The molecular formula is C16H26N2OS. The number of hydrogen-bond donors (Lipinski definition) is 1. The summed E-state index contributed by atoms with van der Waals surface area (Å²) in [6.45, 7) is 6.47. The molecule has 4 heteroatoms. The molecule has 3 nitrogen and oxygen atoms in total. The number of nitrogens with zero attached hydrogens (tertiary/aromatic N) is 1. The number of nitrogens with two attached hydrogens (primary N) is 1. The SMILES string of the molecule is CCCCN(CCCC)c1cc(OC)ccc1C(N)=S. The van der Waals surface area contributed by atoms with Crippen molar-refractivity contribution in [1.29, 1.82) is 0 Å². The highest BCUT2D eigenvalue weighted by Crippen LogP contribution is 2.27. The molecule has 112 valence electrons. The minimum absolute atomic E-state index is 0.445. The van der Waals surface area contributed by atoms with Crippen molar-refractivity contribution in [3.63, 3.8) is 0 Å². The zero-order valence-corrected chi connectivity index (χ0v) is 13.6. The highest BCUT2D eigenvalue weighted by Gasteiger charge is 2.13. The summed E-state index contributed by atoms with van der Waals surface area (Å²) in [6.07, 6.45) is 4.68. The van der Waals surface area contributed by atoms with Crippen LogP contribution in [0.1, 0.15) is 45.1 Å². The first-order valence-electron chi connectivity index (χ1n) is 7.36. The lowest BCUT2D eigenvalue weighted by molar-refractivity contribution is 0.414. The average molecular weight is 294 g/mol. The summed E-state index contributed by atoms with van der Waals surface area (Å²) >= 11 is 5.18. The van der Waals surface area contributed by atoms with Gasteiger partial charge in [-0.3, -0.25) is 0 Å². The fourth-order valence-corrected chi connectivity index (χ4v) is 2.33. The van der Waals surface area contributed by atoms with Crippen LogP contribution in [-0.2, 0) is 0 Å². The number of rotatable bonds is 9. The van der Waals surface area contributed by atoms with E-state index in [2.05, 4.69) is 18.7 Å². The maximum atomic E-state index is 5.87.